The average Bonchev–Trinajstić information content (AvgIpc) is 2.45. The average molecular weight is 286 g/mol. The van der Waals surface area contributed by atoms with Gasteiger partial charge in [0.2, 0.25) is 0 Å². The van der Waals surface area contributed by atoms with Gasteiger partial charge in [0.25, 0.3) is 0 Å². The molecule has 0 aliphatic rings. The third-order valence-corrected chi connectivity index (χ3v) is 4.31. The second kappa shape index (κ2) is 6.62. The highest BCUT2D eigenvalue weighted by molar-refractivity contribution is 7.98. The molecule has 0 unspecified atom stereocenters. The molecule has 0 saturated carbocycles. The number of Topliss-reactive ketones (excluding diaryl/α,β-unsaturated/α-hetero) is 1. The van der Waals surface area contributed by atoms with E-state index in [1.54, 1.807) is 25.8 Å². The molecular formula is C17H18O2S. The summed E-state index contributed by atoms with van der Waals surface area (Å²) in [5.74, 6) is 1.53. The highest BCUT2D eigenvalue weighted by Gasteiger charge is 2.14. The molecule has 0 N–H and O–H groups in total. The summed E-state index contributed by atoms with van der Waals surface area (Å²) >= 11 is 1.67. The fourth-order valence-corrected chi connectivity index (χ4v) is 3.27. The van der Waals surface area contributed by atoms with Gasteiger partial charge in [0.05, 0.1) is 12.7 Å². The lowest BCUT2D eigenvalue weighted by Gasteiger charge is -2.12. The van der Waals surface area contributed by atoms with Crippen LogP contribution in [-0.2, 0) is 5.75 Å². The third-order valence-electron chi connectivity index (χ3n) is 3.20. The van der Waals surface area contributed by atoms with Gasteiger partial charge in [-0.1, -0.05) is 30.3 Å². The van der Waals surface area contributed by atoms with Gasteiger partial charge in [-0.2, -0.15) is 0 Å². The van der Waals surface area contributed by atoms with E-state index in [1.807, 2.05) is 30.3 Å². The van der Waals surface area contributed by atoms with Crippen LogP contribution in [0.25, 0.3) is 0 Å². The van der Waals surface area contributed by atoms with E-state index in [9.17, 15) is 4.79 Å². The van der Waals surface area contributed by atoms with Crippen LogP contribution in [0.4, 0.5) is 0 Å². The van der Waals surface area contributed by atoms with E-state index in [2.05, 4.69) is 19.1 Å². The smallest absolute Gasteiger partial charge is 0.164 e. The number of hydrogen-bond acceptors (Lipinski definition) is 3. The van der Waals surface area contributed by atoms with Crippen molar-refractivity contribution in [3.8, 4) is 5.75 Å². The molecule has 0 radical (unpaired) electrons. The first-order chi connectivity index (χ1) is 9.63. The molecule has 2 aromatic rings. The Bertz CT molecular complexity index is 620. The largest absolute Gasteiger partial charge is 0.496 e. The van der Waals surface area contributed by atoms with Gasteiger partial charge in [0.1, 0.15) is 5.75 Å². The maximum atomic E-state index is 11.8. The van der Waals surface area contributed by atoms with Crippen LogP contribution < -0.4 is 4.74 Å². The van der Waals surface area contributed by atoms with E-state index in [0.717, 1.165) is 10.6 Å². The lowest BCUT2D eigenvalue weighted by Crippen LogP contribution is -2.00. The molecule has 0 heterocycles. The minimum atomic E-state index is 0.0368. The Hall–Kier alpha value is -1.74. The molecule has 0 amide bonds. The highest BCUT2D eigenvalue weighted by atomic mass is 32.2. The summed E-state index contributed by atoms with van der Waals surface area (Å²) in [6.07, 6.45) is 0. The fourth-order valence-electron chi connectivity index (χ4n) is 2.08. The maximum Gasteiger partial charge on any atom is 0.164 e. The van der Waals surface area contributed by atoms with Gasteiger partial charge in [-0.05, 0) is 37.1 Å². The molecule has 0 spiro atoms. The van der Waals surface area contributed by atoms with Gasteiger partial charge in [-0.3, -0.25) is 4.79 Å². The Morgan fingerprint density at radius 1 is 1.15 bits per heavy atom. The van der Waals surface area contributed by atoms with Crippen LogP contribution in [0.2, 0.25) is 0 Å². The van der Waals surface area contributed by atoms with E-state index < -0.39 is 0 Å². The fraction of sp³-hybridized carbons (Fsp3) is 0.235. The Morgan fingerprint density at radius 3 is 2.55 bits per heavy atom. The maximum absolute atomic E-state index is 11.8. The first-order valence-corrected chi connectivity index (χ1v) is 7.47. The topological polar surface area (TPSA) is 26.3 Å². The Balaban J connectivity index is 2.26. The van der Waals surface area contributed by atoms with Crippen molar-refractivity contribution in [1.82, 2.24) is 0 Å². The second-order valence-corrected chi connectivity index (χ2v) is 5.62. The van der Waals surface area contributed by atoms with Crippen LogP contribution in [0.3, 0.4) is 0 Å². The summed E-state index contributed by atoms with van der Waals surface area (Å²) in [6.45, 7) is 3.68. The standard InChI is InChI=1S/C17H18O2S/c1-12-7-4-5-8-14(12)11-20-16-10-6-9-15(19-3)17(16)13(2)18/h4-10H,11H2,1-3H3. The van der Waals surface area contributed by atoms with Gasteiger partial charge in [-0.15, -0.1) is 11.8 Å². The molecule has 0 aromatic heterocycles. The van der Waals surface area contributed by atoms with Crippen LogP contribution in [0.1, 0.15) is 28.4 Å². The molecule has 0 atom stereocenters. The lowest BCUT2D eigenvalue weighted by atomic mass is 10.1. The van der Waals surface area contributed by atoms with Crippen LogP contribution in [0.15, 0.2) is 47.4 Å². The van der Waals surface area contributed by atoms with Crippen molar-refractivity contribution in [2.75, 3.05) is 7.11 Å². The Labute approximate surface area is 124 Å². The summed E-state index contributed by atoms with van der Waals surface area (Å²) < 4.78 is 5.29. The number of carbonyl (C=O) groups is 1. The predicted molar refractivity (Wildman–Crippen MR) is 83.7 cm³/mol. The first kappa shape index (κ1) is 14.7. The van der Waals surface area contributed by atoms with Crippen molar-refractivity contribution < 1.29 is 9.53 Å². The van der Waals surface area contributed by atoms with Crippen LogP contribution in [0.5, 0.6) is 5.75 Å². The zero-order valence-electron chi connectivity index (χ0n) is 12.0. The van der Waals surface area contributed by atoms with Crippen molar-refractivity contribution in [3.05, 3.63) is 59.2 Å². The van der Waals surface area contributed by atoms with Crippen molar-refractivity contribution >= 4 is 17.5 Å². The molecule has 3 heteroatoms. The third kappa shape index (κ3) is 3.23. The van der Waals surface area contributed by atoms with Crippen LogP contribution in [-0.4, -0.2) is 12.9 Å². The van der Waals surface area contributed by atoms with Gasteiger partial charge < -0.3 is 4.74 Å². The molecule has 0 saturated heterocycles. The van der Waals surface area contributed by atoms with Crippen molar-refractivity contribution in [2.45, 2.75) is 24.5 Å². The van der Waals surface area contributed by atoms with Crippen molar-refractivity contribution in [1.29, 1.82) is 0 Å². The van der Waals surface area contributed by atoms with Crippen molar-refractivity contribution in [3.63, 3.8) is 0 Å². The van der Waals surface area contributed by atoms with Gasteiger partial charge >= 0.3 is 0 Å². The number of aryl methyl sites for hydroxylation is 1. The van der Waals surface area contributed by atoms with Crippen LogP contribution in [0, 0.1) is 6.92 Å². The van der Waals surface area contributed by atoms with Crippen molar-refractivity contribution in [2.24, 2.45) is 0 Å². The number of rotatable bonds is 5. The Kier molecular flexibility index (Phi) is 4.85. The van der Waals surface area contributed by atoms with E-state index in [-0.39, 0.29) is 5.78 Å². The number of methoxy groups -OCH3 is 1. The van der Waals surface area contributed by atoms with Gasteiger partial charge in [0.15, 0.2) is 5.78 Å². The molecule has 0 aliphatic heterocycles. The molecule has 2 aromatic carbocycles. The summed E-state index contributed by atoms with van der Waals surface area (Å²) in [5.41, 5.74) is 3.23. The number of ketones is 1. The molecule has 0 bridgehead atoms. The number of hydrogen-bond donors (Lipinski definition) is 0. The summed E-state index contributed by atoms with van der Waals surface area (Å²) in [4.78, 5) is 12.8. The normalized spacial score (nSPS) is 10.3. The zero-order chi connectivity index (χ0) is 14.5. The molecule has 20 heavy (non-hydrogen) atoms. The highest BCUT2D eigenvalue weighted by Crippen LogP contribution is 2.32. The number of thioether (sulfide) groups is 1. The molecule has 0 aliphatic carbocycles. The number of carbonyl (C=O) groups excluding carboxylic acids is 1. The van der Waals surface area contributed by atoms with Gasteiger partial charge in [-0.25, -0.2) is 0 Å². The monoisotopic (exact) mass is 286 g/mol. The Morgan fingerprint density at radius 2 is 1.90 bits per heavy atom. The van der Waals surface area contributed by atoms with Crippen LogP contribution >= 0.6 is 11.8 Å². The van der Waals surface area contributed by atoms with E-state index in [0.29, 0.717) is 11.3 Å². The summed E-state index contributed by atoms with van der Waals surface area (Å²) in [5, 5.41) is 0. The molecule has 2 rings (SSSR count). The molecule has 0 fully saturated rings. The van der Waals surface area contributed by atoms with E-state index in [4.69, 9.17) is 4.74 Å². The minimum Gasteiger partial charge on any atom is -0.496 e. The molecule has 104 valence electrons. The zero-order valence-corrected chi connectivity index (χ0v) is 12.8. The number of benzene rings is 2. The SMILES string of the molecule is COc1cccc(SCc2ccccc2C)c1C(C)=O. The molecular weight excluding hydrogens is 268 g/mol. The van der Waals surface area contributed by atoms with E-state index >= 15 is 0 Å². The number of ether oxygens (including phenoxy) is 1. The quantitative estimate of drug-likeness (QED) is 0.598. The predicted octanol–water partition coefficient (Wildman–Crippen LogP) is 4.50. The summed E-state index contributed by atoms with van der Waals surface area (Å²) in [7, 11) is 1.59. The first-order valence-electron chi connectivity index (χ1n) is 6.48. The lowest BCUT2D eigenvalue weighted by molar-refractivity contribution is 0.101. The van der Waals surface area contributed by atoms with E-state index in [1.165, 1.54) is 11.1 Å². The summed E-state index contributed by atoms with van der Waals surface area (Å²) in [6, 6.07) is 14.0. The molecule has 2 nitrogen and oxygen atoms in total. The second-order valence-electron chi connectivity index (χ2n) is 4.60. The van der Waals surface area contributed by atoms with Gasteiger partial charge in [0, 0.05) is 10.6 Å². The minimum absolute atomic E-state index is 0.0368.